The summed E-state index contributed by atoms with van der Waals surface area (Å²) in [6.45, 7) is 7.81. The average molecular weight is 305 g/mol. The van der Waals surface area contributed by atoms with Crippen LogP contribution < -0.4 is 11.0 Å². The van der Waals surface area contributed by atoms with Crippen molar-refractivity contribution in [2.45, 2.75) is 57.8 Å². The molecule has 0 spiro atoms. The van der Waals surface area contributed by atoms with Crippen LogP contribution in [0, 0.1) is 0 Å². The second kappa shape index (κ2) is 4.70. The van der Waals surface area contributed by atoms with E-state index in [9.17, 15) is 14.7 Å². The van der Waals surface area contributed by atoms with Gasteiger partial charge in [-0.3, -0.25) is 9.36 Å². The van der Waals surface area contributed by atoms with Gasteiger partial charge in [-0.25, -0.2) is 4.79 Å². The minimum Gasteiger partial charge on any atom is -0.480 e. The lowest BCUT2D eigenvalue weighted by molar-refractivity contribution is -0.140. The van der Waals surface area contributed by atoms with E-state index in [1.54, 1.807) is 0 Å². The molecular formula is C15H20BNO5. The molecule has 0 radical (unpaired) electrons. The summed E-state index contributed by atoms with van der Waals surface area (Å²) in [6.07, 6.45) is 1.01. The van der Waals surface area contributed by atoms with Crippen LogP contribution in [0.4, 0.5) is 0 Å². The molecule has 118 valence electrons. The van der Waals surface area contributed by atoms with E-state index in [1.165, 1.54) is 10.6 Å². The quantitative estimate of drug-likeness (QED) is 0.815. The molecule has 22 heavy (non-hydrogen) atoms. The van der Waals surface area contributed by atoms with Crippen molar-refractivity contribution in [3.05, 3.63) is 28.2 Å². The van der Waals surface area contributed by atoms with E-state index in [-0.39, 0.29) is 5.56 Å². The number of carboxylic acid groups (broad SMARTS) is 1. The number of aryl methyl sites for hydroxylation is 1. The first kappa shape index (κ1) is 15.3. The highest BCUT2D eigenvalue weighted by Gasteiger charge is 2.52. The van der Waals surface area contributed by atoms with E-state index >= 15 is 0 Å². The molecule has 2 aliphatic rings. The van der Waals surface area contributed by atoms with Gasteiger partial charge in [0, 0.05) is 11.8 Å². The zero-order valence-corrected chi connectivity index (χ0v) is 13.3. The monoisotopic (exact) mass is 305 g/mol. The fourth-order valence-electron chi connectivity index (χ4n) is 2.97. The van der Waals surface area contributed by atoms with Gasteiger partial charge < -0.3 is 14.4 Å². The van der Waals surface area contributed by atoms with Crippen molar-refractivity contribution in [2.24, 2.45) is 0 Å². The highest BCUT2D eigenvalue weighted by Crippen LogP contribution is 2.36. The number of pyridine rings is 1. The summed E-state index contributed by atoms with van der Waals surface area (Å²) < 4.78 is 13.3. The van der Waals surface area contributed by atoms with Gasteiger partial charge in [0.05, 0.1) is 11.2 Å². The fourth-order valence-corrected chi connectivity index (χ4v) is 2.97. The molecule has 1 atom stereocenters. The first-order valence-corrected chi connectivity index (χ1v) is 7.46. The van der Waals surface area contributed by atoms with E-state index in [2.05, 4.69) is 0 Å². The maximum atomic E-state index is 12.3. The van der Waals surface area contributed by atoms with Crippen molar-refractivity contribution in [3.8, 4) is 0 Å². The van der Waals surface area contributed by atoms with Crippen LogP contribution in [-0.4, -0.2) is 34.0 Å². The van der Waals surface area contributed by atoms with Crippen LogP contribution in [-0.2, 0) is 20.5 Å². The number of aromatic nitrogens is 1. The Hall–Kier alpha value is -1.60. The lowest BCUT2D eigenvalue weighted by Crippen LogP contribution is -2.41. The van der Waals surface area contributed by atoms with Crippen LogP contribution in [0.5, 0.6) is 0 Å². The molecule has 0 saturated carbocycles. The fraction of sp³-hybridized carbons (Fsp3) is 0.600. The molecule has 1 fully saturated rings. The molecule has 0 unspecified atom stereocenters. The molecule has 0 aromatic carbocycles. The summed E-state index contributed by atoms with van der Waals surface area (Å²) in [5.41, 5.74) is 0.116. The standard InChI is InChI=1S/C15H20BNO5/c1-14(2)15(3,4)22-16(21-14)9-7-10-5-6-11(13(19)20)17(10)12(18)8-9/h7-8,11H,5-6H2,1-4H3,(H,19,20)/t11-/m0/s1. The van der Waals surface area contributed by atoms with Crippen LogP contribution in [0.15, 0.2) is 16.9 Å². The molecule has 1 aromatic heterocycles. The first-order valence-electron chi connectivity index (χ1n) is 7.46. The number of hydrogen-bond acceptors (Lipinski definition) is 4. The van der Waals surface area contributed by atoms with Gasteiger partial charge in [-0.05, 0) is 52.1 Å². The summed E-state index contributed by atoms with van der Waals surface area (Å²) in [5, 5.41) is 9.19. The highest BCUT2D eigenvalue weighted by molar-refractivity contribution is 6.62. The maximum absolute atomic E-state index is 12.3. The molecule has 0 bridgehead atoms. The van der Waals surface area contributed by atoms with Crippen molar-refractivity contribution in [3.63, 3.8) is 0 Å². The number of carboxylic acids is 1. The Kier molecular flexibility index (Phi) is 3.27. The van der Waals surface area contributed by atoms with Crippen molar-refractivity contribution in [1.29, 1.82) is 0 Å². The van der Waals surface area contributed by atoms with Crippen LogP contribution in [0.2, 0.25) is 0 Å². The summed E-state index contributed by atoms with van der Waals surface area (Å²) in [7, 11) is -0.604. The lowest BCUT2D eigenvalue weighted by Gasteiger charge is -2.32. The van der Waals surface area contributed by atoms with Gasteiger partial charge in [0.15, 0.2) is 0 Å². The average Bonchev–Trinajstić information content (AvgIpc) is 2.89. The zero-order valence-electron chi connectivity index (χ0n) is 13.3. The van der Waals surface area contributed by atoms with Crippen molar-refractivity contribution < 1.29 is 19.2 Å². The summed E-state index contributed by atoms with van der Waals surface area (Å²) in [5.74, 6) is -0.968. The van der Waals surface area contributed by atoms with E-state index in [0.29, 0.717) is 18.3 Å². The Morgan fingerprint density at radius 1 is 1.27 bits per heavy atom. The van der Waals surface area contributed by atoms with Crippen LogP contribution >= 0.6 is 0 Å². The number of nitrogens with zero attached hydrogens (tertiary/aromatic N) is 1. The molecule has 1 N–H and O–H groups in total. The molecule has 1 aromatic rings. The lowest BCUT2D eigenvalue weighted by atomic mass is 9.79. The topological polar surface area (TPSA) is 77.8 Å². The third kappa shape index (κ3) is 2.19. The molecule has 0 amide bonds. The van der Waals surface area contributed by atoms with Crippen molar-refractivity contribution in [1.82, 2.24) is 4.57 Å². The molecule has 6 nitrogen and oxygen atoms in total. The van der Waals surface area contributed by atoms with Gasteiger partial charge >= 0.3 is 13.1 Å². The number of rotatable bonds is 2. The van der Waals surface area contributed by atoms with Gasteiger partial charge in [0.1, 0.15) is 6.04 Å². The van der Waals surface area contributed by atoms with Gasteiger partial charge in [-0.2, -0.15) is 0 Å². The minimum absolute atomic E-state index is 0.313. The smallest absolute Gasteiger partial charge is 0.480 e. The van der Waals surface area contributed by atoms with Gasteiger partial charge in [-0.15, -0.1) is 0 Å². The van der Waals surface area contributed by atoms with E-state index < -0.39 is 30.3 Å². The van der Waals surface area contributed by atoms with Crippen LogP contribution in [0.25, 0.3) is 0 Å². The number of carbonyl (C=O) groups is 1. The highest BCUT2D eigenvalue weighted by atomic mass is 16.7. The van der Waals surface area contributed by atoms with Crippen LogP contribution in [0.1, 0.15) is 45.9 Å². The predicted molar refractivity (Wildman–Crippen MR) is 81.4 cm³/mol. The maximum Gasteiger partial charge on any atom is 0.495 e. The molecule has 3 rings (SSSR count). The Morgan fingerprint density at radius 3 is 2.41 bits per heavy atom. The van der Waals surface area contributed by atoms with E-state index in [1.807, 2.05) is 33.8 Å². The molecule has 1 saturated heterocycles. The Morgan fingerprint density at radius 2 is 1.86 bits per heavy atom. The SMILES string of the molecule is CC1(C)OB(c2cc3n(c(=O)c2)[C@H](C(=O)O)CC3)OC1(C)C. The van der Waals surface area contributed by atoms with Crippen molar-refractivity contribution >= 4 is 18.6 Å². The van der Waals surface area contributed by atoms with Gasteiger partial charge in [0.25, 0.3) is 5.56 Å². The Balaban J connectivity index is 1.98. The molecule has 3 heterocycles. The second-order valence-electron chi connectivity index (χ2n) is 6.97. The minimum atomic E-state index is -0.968. The van der Waals surface area contributed by atoms with Crippen molar-refractivity contribution in [2.75, 3.05) is 0 Å². The Bertz CT molecular complexity index is 678. The predicted octanol–water partition coefficient (Wildman–Crippen LogP) is 0.719. The molecule has 2 aliphatic heterocycles. The number of fused-ring (bicyclic) bond motifs is 1. The third-order valence-corrected chi connectivity index (χ3v) is 4.97. The first-order chi connectivity index (χ1) is 10.1. The summed E-state index contributed by atoms with van der Waals surface area (Å²) in [4.78, 5) is 23.5. The van der Waals surface area contributed by atoms with Gasteiger partial charge in [-0.1, -0.05) is 0 Å². The molecule has 0 aliphatic carbocycles. The number of hydrogen-bond donors (Lipinski definition) is 1. The van der Waals surface area contributed by atoms with Crippen LogP contribution in [0.3, 0.4) is 0 Å². The van der Waals surface area contributed by atoms with E-state index in [0.717, 1.165) is 5.69 Å². The van der Waals surface area contributed by atoms with E-state index in [4.69, 9.17) is 9.31 Å². The molecule has 7 heteroatoms. The second-order valence-corrected chi connectivity index (χ2v) is 6.97. The normalized spacial score (nSPS) is 25.3. The zero-order chi connectivity index (χ0) is 16.3. The summed E-state index contributed by atoms with van der Waals surface area (Å²) in [6, 6.07) is 2.48. The molecular weight excluding hydrogens is 285 g/mol. The third-order valence-electron chi connectivity index (χ3n) is 4.97. The summed E-state index contributed by atoms with van der Waals surface area (Å²) >= 11 is 0. The van der Waals surface area contributed by atoms with Gasteiger partial charge in [0.2, 0.25) is 0 Å². The Labute approximate surface area is 129 Å². The largest absolute Gasteiger partial charge is 0.495 e. The number of aliphatic carboxylic acids is 1.